The predicted octanol–water partition coefficient (Wildman–Crippen LogP) is 4.65. The first-order valence-corrected chi connectivity index (χ1v) is 10.9. The first kappa shape index (κ1) is 22.3. The van der Waals surface area contributed by atoms with Crippen LogP contribution < -0.4 is 5.32 Å². The molecule has 2 aromatic rings. The van der Waals surface area contributed by atoms with E-state index in [0.29, 0.717) is 35.5 Å². The number of amides is 2. The van der Waals surface area contributed by atoms with Crippen LogP contribution in [-0.4, -0.2) is 47.4 Å². The molecule has 0 spiro atoms. The molecule has 1 saturated heterocycles. The van der Waals surface area contributed by atoms with Crippen molar-refractivity contribution in [1.82, 2.24) is 4.90 Å². The third-order valence-electron chi connectivity index (χ3n) is 4.49. The standard InChI is InChI=1S/C22H24ClN3O3S/c1-15-7-9-17(10-8-15)25-22-26(11-4-12-29-2)21(28)19(30-22)14-20(27)24-18-6-3-5-16(23)13-18/h3,5-10,13,19H,4,11-12,14H2,1-2H3,(H,24,27). The van der Waals surface area contributed by atoms with Crippen LogP contribution in [0.4, 0.5) is 11.4 Å². The van der Waals surface area contributed by atoms with E-state index in [1.165, 1.54) is 11.8 Å². The smallest absolute Gasteiger partial charge is 0.242 e. The van der Waals surface area contributed by atoms with Crippen molar-refractivity contribution in [2.45, 2.75) is 25.0 Å². The number of benzene rings is 2. The maximum Gasteiger partial charge on any atom is 0.242 e. The van der Waals surface area contributed by atoms with E-state index in [2.05, 4.69) is 10.3 Å². The second kappa shape index (κ2) is 10.6. The summed E-state index contributed by atoms with van der Waals surface area (Å²) in [4.78, 5) is 31.8. The van der Waals surface area contributed by atoms with Crippen LogP contribution in [0.2, 0.25) is 5.02 Å². The summed E-state index contributed by atoms with van der Waals surface area (Å²) >= 11 is 7.29. The number of anilines is 1. The fraction of sp³-hybridized carbons (Fsp3) is 0.318. The lowest BCUT2D eigenvalue weighted by molar-refractivity contribution is -0.128. The van der Waals surface area contributed by atoms with Gasteiger partial charge in [-0.05, 0) is 43.7 Å². The van der Waals surface area contributed by atoms with Crippen LogP contribution in [0, 0.1) is 6.92 Å². The minimum Gasteiger partial charge on any atom is -0.385 e. The van der Waals surface area contributed by atoms with Gasteiger partial charge in [-0.3, -0.25) is 14.5 Å². The molecule has 0 aromatic heterocycles. The zero-order valence-electron chi connectivity index (χ0n) is 16.9. The van der Waals surface area contributed by atoms with E-state index in [9.17, 15) is 9.59 Å². The average molecular weight is 446 g/mol. The first-order valence-electron chi connectivity index (χ1n) is 9.64. The quantitative estimate of drug-likeness (QED) is 0.600. The Kier molecular flexibility index (Phi) is 7.90. The topological polar surface area (TPSA) is 71.0 Å². The van der Waals surface area contributed by atoms with E-state index in [-0.39, 0.29) is 18.2 Å². The van der Waals surface area contributed by atoms with Gasteiger partial charge in [0.15, 0.2) is 5.17 Å². The van der Waals surface area contributed by atoms with Crippen molar-refractivity contribution in [1.29, 1.82) is 0 Å². The average Bonchev–Trinajstić information content (AvgIpc) is 2.98. The molecule has 158 valence electrons. The summed E-state index contributed by atoms with van der Waals surface area (Å²) < 4.78 is 5.11. The molecule has 1 fully saturated rings. The van der Waals surface area contributed by atoms with Crippen molar-refractivity contribution in [3.05, 3.63) is 59.1 Å². The summed E-state index contributed by atoms with van der Waals surface area (Å²) in [7, 11) is 1.63. The number of nitrogens with zero attached hydrogens (tertiary/aromatic N) is 2. The molecule has 2 amide bonds. The molecule has 0 radical (unpaired) electrons. The molecule has 1 heterocycles. The summed E-state index contributed by atoms with van der Waals surface area (Å²) in [6, 6.07) is 14.7. The lowest BCUT2D eigenvalue weighted by Crippen LogP contribution is -2.34. The minimum absolute atomic E-state index is 0.0592. The van der Waals surface area contributed by atoms with Gasteiger partial charge in [-0.25, -0.2) is 4.99 Å². The van der Waals surface area contributed by atoms with Crippen molar-refractivity contribution in [2.75, 3.05) is 25.6 Å². The second-order valence-corrected chi connectivity index (χ2v) is 8.54. The van der Waals surface area contributed by atoms with Gasteiger partial charge in [0.05, 0.1) is 5.69 Å². The Hall–Kier alpha value is -2.35. The Balaban J connectivity index is 1.72. The Labute approximate surface area is 185 Å². The molecule has 1 aliphatic rings. The van der Waals surface area contributed by atoms with Gasteiger partial charge in [-0.15, -0.1) is 0 Å². The summed E-state index contributed by atoms with van der Waals surface area (Å²) in [5.41, 5.74) is 2.52. The Morgan fingerprint density at radius 3 is 2.73 bits per heavy atom. The van der Waals surface area contributed by atoms with Crippen LogP contribution in [0.1, 0.15) is 18.4 Å². The first-order chi connectivity index (χ1) is 14.5. The number of aliphatic imine (C=N–C) groups is 1. The van der Waals surface area contributed by atoms with Crippen molar-refractivity contribution in [3.8, 4) is 0 Å². The molecule has 3 rings (SSSR count). The molecule has 1 N–H and O–H groups in total. The van der Waals surface area contributed by atoms with E-state index in [1.807, 2.05) is 31.2 Å². The largest absolute Gasteiger partial charge is 0.385 e. The van der Waals surface area contributed by atoms with E-state index in [4.69, 9.17) is 16.3 Å². The molecule has 1 atom stereocenters. The molecular weight excluding hydrogens is 422 g/mol. The highest BCUT2D eigenvalue weighted by atomic mass is 35.5. The van der Waals surface area contributed by atoms with Crippen molar-refractivity contribution in [3.63, 3.8) is 0 Å². The van der Waals surface area contributed by atoms with Crippen molar-refractivity contribution in [2.24, 2.45) is 4.99 Å². The van der Waals surface area contributed by atoms with Crippen LogP contribution in [0.3, 0.4) is 0 Å². The number of halogens is 1. The number of hydrogen-bond acceptors (Lipinski definition) is 5. The van der Waals surface area contributed by atoms with Crippen LogP contribution in [-0.2, 0) is 14.3 Å². The highest BCUT2D eigenvalue weighted by Crippen LogP contribution is 2.32. The lowest BCUT2D eigenvalue weighted by atomic mass is 10.2. The number of hydrogen-bond donors (Lipinski definition) is 1. The number of rotatable bonds is 8. The SMILES string of the molecule is COCCCN1C(=O)C(CC(=O)Nc2cccc(Cl)c2)SC1=Nc1ccc(C)cc1. The van der Waals surface area contributed by atoms with E-state index in [0.717, 1.165) is 11.3 Å². The molecule has 2 aromatic carbocycles. The maximum absolute atomic E-state index is 13.0. The van der Waals surface area contributed by atoms with Crippen LogP contribution in [0.15, 0.2) is 53.5 Å². The van der Waals surface area contributed by atoms with E-state index in [1.54, 1.807) is 36.3 Å². The fourth-order valence-corrected chi connectivity index (χ4v) is 4.35. The fourth-order valence-electron chi connectivity index (χ4n) is 2.97. The summed E-state index contributed by atoms with van der Waals surface area (Å²) in [6.45, 7) is 3.05. The van der Waals surface area contributed by atoms with Gasteiger partial charge in [-0.2, -0.15) is 0 Å². The van der Waals surface area contributed by atoms with Gasteiger partial charge in [0.2, 0.25) is 11.8 Å². The summed E-state index contributed by atoms with van der Waals surface area (Å²) in [5, 5.41) is 3.43. The minimum atomic E-state index is -0.518. The predicted molar refractivity (Wildman–Crippen MR) is 123 cm³/mol. The third kappa shape index (κ3) is 6.08. The highest BCUT2D eigenvalue weighted by molar-refractivity contribution is 8.15. The third-order valence-corrected chi connectivity index (χ3v) is 5.90. The highest BCUT2D eigenvalue weighted by Gasteiger charge is 2.38. The molecule has 8 heteroatoms. The van der Waals surface area contributed by atoms with Gasteiger partial charge in [0.25, 0.3) is 0 Å². The second-order valence-electron chi connectivity index (χ2n) is 6.94. The van der Waals surface area contributed by atoms with E-state index < -0.39 is 5.25 Å². The number of carbonyl (C=O) groups excluding carboxylic acids is 2. The number of methoxy groups -OCH3 is 1. The number of ether oxygens (including phenoxy) is 1. The molecule has 30 heavy (non-hydrogen) atoms. The number of carbonyl (C=O) groups is 2. The molecule has 0 aliphatic carbocycles. The number of aryl methyl sites for hydroxylation is 1. The molecule has 6 nitrogen and oxygen atoms in total. The van der Waals surface area contributed by atoms with Crippen molar-refractivity contribution < 1.29 is 14.3 Å². The van der Waals surface area contributed by atoms with E-state index >= 15 is 0 Å². The summed E-state index contributed by atoms with van der Waals surface area (Å²) in [6.07, 6.45) is 0.751. The molecule has 0 bridgehead atoms. The maximum atomic E-state index is 13.0. The lowest BCUT2D eigenvalue weighted by Gasteiger charge is -2.16. The van der Waals surface area contributed by atoms with Crippen molar-refractivity contribution >= 4 is 51.7 Å². The number of amidine groups is 1. The van der Waals surface area contributed by atoms with Crippen LogP contribution >= 0.6 is 23.4 Å². The van der Waals surface area contributed by atoms with Crippen LogP contribution in [0.25, 0.3) is 0 Å². The molecule has 0 saturated carbocycles. The summed E-state index contributed by atoms with van der Waals surface area (Å²) in [5.74, 6) is -0.347. The Morgan fingerprint density at radius 1 is 1.27 bits per heavy atom. The van der Waals surface area contributed by atoms with Gasteiger partial charge in [0, 0.05) is 37.4 Å². The van der Waals surface area contributed by atoms with Gasteiger partial charge >= 0.3 is 0 Å². The number of thioether (sulfide) groups is 1. The van der Waals surface area contributed by atoms with Gasteiger partial charge < -0.3 is 10.1 Å². The molecular formula is C22H24ClN3O3S. The zero-order valence-corrected chi connectivity index (χ0v) is 18.5. The van der Waals surface area contributed by atoms with Crippen LogP contribution in [0.5, 0.6) is 0 Å². The van der Waals surface area contributed by atoms with Gasteiger partial charge in [0.1, 0.15) is 5.25 Å². The Morgan fingerprint density at radius 2 is 2.03 bits per heavy atom. The van der Waals surface area contributed by atoms with Gasteiger partial charge in [-0.1, -0.05) is 47.1 Å². The molecule has 1 aliphatic heterocycles. The monoisotopic (exact) mass is 445 g/mol. The normalized spacial score (nSPS) is 17.6. The zero-order chi connectivity index (χ0) is 21.5. The Bertz CT molecular complexity index is 933. The molecule has 1 unspecified atom stereocenters. The number of nitrogens with one attached hydrogen (secondary N) is 1.